The molecule has 5 rings (SSSR count). The first kappa shape index (κ1) is 22.6. The van der Waals surface area contributed by atoms with Crippen LogP contribution in [0.2, 0.25) is 5.02 Å². The maximum absolute atomic E-state index is 12.5. The van der Waals surface area contributed by atoms with Crippen molar-refractivity contribution < 1.29 is 4.79 Å². The second-order valence-corrected chi connectivity index (χ2v) is 9.23. The van der Waals surface area contributed by atoms with E-state index in [0.29, 0.717) is 10.6 Å². The van der Waals surface area contributed by atoms with Gasteiger partial charge in [0, 0.05) is 56.0 Å². The fraction of sp³-hybridized carbons (Fsp3) is 0.259. The summed E-state index contributed by atoms with van der Waals surface area (Å²) < 4.78 is 2.15. The highest BCUT2D eigenvalue weighted by Gasteiger charge is 2.19. The number of hydrogen-bond donors (Lipinski definition) is 1. The third-order valence-corrected chi connectivity index (χ3v) is 6.67. The molecule has 0 bridgehead atoms. The smallest absolute Gasteiger partial charge is 0.255 e. The molecule has 0 unspecified atom stereocenters. The maximum Gasteiger partial charge on any atom is 0.255 e. The summed E-state index contributed by atoms with van der Waals surface area (Å²) in [5.41, 5.74) is 4.60. The lowest BCUT2D eigenvalue weighted by atomic mass is 10.2. The van der Waals surface area contributed by atoms with Crippen LogP contribution in [-0.4, -0.2) is 51.4 Å². The van der Waals surface area contributed by atoms with Crippen LogP contribution in [0.5, 0.6) is 0 Å². The summed E-state index contributed by atoms with van der Waals surface area (Å²) >= 11 is 5.92. The number of nitrogens with zero attached hydrogens (tertiary/aromatic N) is 4. The Labute approximate surface area is 204 Å². The number of imidazole rings is 1. The Bertz CT molecular complexity index is 1280. The van der Waals surface area contributed by atoms with Gasteiger partial charge in [-0.05, 0) is 48.0 Å². The van der Waals surface area contributed by atoms with Gasteiger partial charge in [-0.15, -0.1) is 0 Å². The zero-order valence-corrected chi connectivity index (χ0v) is 20.0. The minimum Gasteiger partial charge on any atom is -0.330 e. The molecule has 0 radical (unpaired) electrons. The van der Waals surface area contributed by atoms with Crippen LogP contribution in [0.1, 0.15) is 21.7 Å². The van der Waals surface area contributed by atoms with Crippen LogP contribution in [-0.2, 0) is 20.1 Å². The summed E-state index contributed by atoms with van der Waals surface area (Å²) in [7, 11) is 2.06. The number of aromatic nitrogens is 2. The molecule has 34 heavy (non-hydrogen) atoms. The van der Waals surface area contributed by atoms with Gasteiger partial charge >= 0.3 is 0 Å². The standard InChI is InChI=1S/C27H28ClN5O/c1-31-25-12-11-23(29-27(34)21-7-9-22(28)10-8-21)17-24(25)30-26(31)19-33-15-13-32(14-16-33)18-20-5-3-2-4-6-20/h2-12,17H,13-16,18-19H2,1H3,(H,29,34). The van der Waals surface area contributed by atoms with Gasteiger partial charge in [-0.3, -0.25) is 14.6 Å². The molecule has 1 amide bonds. The number of aryl methyl sites for hydroxylation is 1. The molecule has 0 atom stereocenters. The summed E-state index contributed by atoms with van der Waals surface area (Å²) in [6.45, 7) is 5.98. The SMILES string of the molecule is Cn1c(CN2CCN(Cc3ccccc3)CC2)nc2cc(NC(=O)c3ccc(Cl)cc3)ccc21. The monoisotopic (exact) mass is 473 g/mol. The van der Waals surface area contributed by atoms with Crippen LogP contribution in [0.3, 0.4) is 0 Å². The van der Waals surface area contributed by atoms with Crippen LogP contribution < -0.4 is 5.32 Å². The molecule has 1 saturated heterocycles. The third-order valence-electron chi connectivity index (χ3n) is 6.42. The Kier molecular flexibility index (Phi) is 6.63. The quantitative estimate of drug-likeness (QED) is 0.437. The molecule has 0 aliphatic carbocycles. The first-order valence-electron chi connectivity index (χ1n) is 11.6. The number of hydrogen-bond acceptors (Lipinski definition) is 4. The van der Waals surface area contributed by atoms with Crippen LogP contribution in [0.25, 0.3) is 11.0 Å². The van der Waals surface area contributed by atoms with E-state index in [1.807, 2.05) is 18.2 Å². The fourth-order valence-electron chi connectivity index (χ4n) is 4.42. The van der Waals surface area contributed by atoms with Crippen molar-refractivity contribution in [3.05, 3.63) is 94.8 Å². The van der Waals surface area contributed by atoms with Crippen molar-refractivity contribution in [3.63, 3.8) is 0 Å². The molecule has 0 spiro atoms. The highest BCUT2D eigenvalue weighted by Crippen LogP contribution is 2.22. The first-order valence-corrected chi connectivity index (χ1v) is 11.9. The number of benzene rings is 3. The van der Waals surface area contributed by atoms with Gasteiger partial charge in [0.2, 0.25) is 0 Å². The summed E-state index contributed by atoms with van der Waals surface area (Å²) in [6, 6.07) is 23.4. The van der Waals surface area contributed by atoms with Gasteiger partial charge in [-0.25, -0.2) is 4.98 Å². The predicted molar refractivity (Wildman–Crippen MR) is 137 cm³/mol. The van der Waals surface area contributed by atoms with E-state index in [-0.39, 0.29) is 5.91 Å². The zero-order valence-electron chi connectivity index (χ0n) is 19.2. The van der Waals surface area contributed by atoms with Crippen molar-refractivity contribution >= 4 is 34.2 Å². The van der Waals surface area contributed by atoms with Crippen molar-refractivity contribution in [2.24, 2.45) is 7.05 Å². The molecule has 7 heteroatoms. The van der Waals surface area contributed by atoms with Gasteiger partial charge in [-0.1, -0.05) is 41.9 Å². The van der Waals surface area contributed by atoms with Crippen molar-refractivity contribution in [1.29, 1.82) is 0 Å². The highest BCUT2D eigenvalue weighted by atomic mass is 35.5. The summed E-state index contributed by atoms with van der Waals surface area (Å²) in [6.07, 6.45) is 0. The van der Waals surface area contributed by atoms with E-state index in [1.54, 1.807) is 24.3 Å². The number of carbonyl (C=O) groups excluding carboxylic acids is 1. The number of rotatable bonds is 6. The fourth-order valence-corrected chi connectivity index (χ4v) is 4.55. The topological polar surface area (TPSA) is 53.4 Å². The number of anilines is 1. The molecule has 0 saturated carbocycles. The van der Waals surface area contributed by atoms with Crippen molar-refractivity contribution in [2.75, 3.05) is 31.5 Å². The van der Waals surface area contributed by atoms with E-state index >= 15 is 0 Å². The molecule has 2 heterocycles. The van der Waals surface area contributed by atoms with Crippen LogP contribution in [0.4, 0.5) is 5.69 Å². The summed E-state index contributed by atoms with van der Waals surface area (Å²) in [5, 5.41) is 3.57. The van der Waals surface area contributed by atoms with Gasteiger partial charge in [0.1, 0.15) is 5.82 Å². The maximum atomic E-state index is 12.5. The van der Waals surface area contributed by atoms with Crippen molar-refractivity contribution in [2.45, 2.75) is 13.1 Å². The Morgan fingerprint density at radius 2 is 1.59 bits per heavy atom. The molecule has 1 N–H and O–H groups in total. The van der Waals surface area contributed by atoms with Crippen molar-refractivity contribution in [3.8, 4) is 0 Å². The van der Waals surface area contributed by atoms with E-state index < -0.39 is 0 Å². The average Bonchev–Trinajstić information content (AvgIpc) is 3.15. The van der Waals surface area contributed by atoms with Crippen molar-refractivity contribution in [1.82, 2.24) is 19.4 Å². The Balaban J connectivity index is 1.22. The van der Waals surface area contributed by atoms with E-state index in [9.17, 15) is 4.79 Å². The number of carbonyl (C=O) groups is 1. The first-order chi connectivity index (χ1) is 16.5. The lowest BCUT2D eigenvalue weighted by Gasteiger charge is -2.34. The lowest BCUT2D eigenvalue weighted by molar-refractivity contribution is 0.102. The van der Waals surface area contributed by atoms with Crippen LogP contribution in [0.15, 0.2) is 72.8 Å². The average molecular weight is 474 g/mol. The van der Waals surface area contributed by atoms with Gasteiger partial charge < -0.3 is 9.88 Å². The second-order valence-electron chi connectivity index (χ2n) is 8.79. The molecule has 4 aromatic rings. The molecule has 1 fully saturated rings. The molecule has 1 aliphatic heterocycles. The number of halogens is 1. The predicted octanol–water partition coefficient (Wildman–Crippen LogP) is 4.80. The summed E-state index contributed by atoms with van der Waals surface area (Å²) in [5.74, 6) is 0.869. The number of piperazine rings is 1. The lowest BCUT2D eigenvalue weighted by Crippen LogP contribution is -2.45. The van der Waals surface area contributed by atoms with E-state index in [2.05, 4.69) is 57.1 Å². The minimum absolute atomic E-state index is 0.166. The Morgan fingerprint density at radius 1 is 0.912 bits per heavy atom. The van der Waals surface area contributed by atoms with Gasteiger partial charge in [0.25, 0.3) is 5.91 Å². The van der Waals surface area contributed by atoms with Crippen LogP contribution in [0, 0.1) is 0 Å². The van der Waals surface area contributed by atoms with Gasteiger partial charge in [0.05, 0.1) is 17.6 Å². The number of fused-ring (bicyclic) bond motifs is 1. The van der Waals surface area contributed by atoms with E-state index in [4.69, 9.17) is 16.6 Å². The second kappa shape index (κ2) is 9.97. The molecule has 3 aromatic carbocycles. The van der Waals surface area contributed by atoms with E-state index in [0.717, 1.165) is 61.8 Å². The van der Waals surface area contributed by atoms with Gasteiger partial charge in [0.15, 0.2) is 0 Å². The summed E-state index contributed by atoms with van der Waals surface area (Å²) in [4.78, 5) is 22.4. The Morgan fingerprint density at radius 3 is 2.29 bits per heavy atom. The van der Waals surface area contributed by atoms with E-state index in [1.165, 1.54) is 5.56 Å². The molecule has 174 valence electrons. The highest BCUT2D eigenvalue weighted by molar-refractivity contribution is 6.30. The molecular weight excluding hydrogens is 446 g/mol. The number of amides is 1. The molecule has 6 nitrogen and oxygen atoms in total. The molecule has 1 aromatic heterocycles. The Hall–Kier alpha value is -3.19. The minimum atomic E-state index is -0.166. The zero-order chi connectivity index (χ0) is 23.5. The largest absolute Gasteiger partial charge is 0.330 e. The number of nitrogens with one attached hydrogen (secondary N) is 1. The normalized spacial score (nSPS) is 15.0. The molecule has 1 aliphatic rings. The molecular formula is C27H28ClN5O. The third kappa shape index (κ3) is 5.14. The van der Waals surface area contributed by atoms with Gasteiger partial charge in [-0.2, -0.15) is 0 Å². The van der Waals surface area contributed by atoms with Crippen LogP contribution >= 0.6 is 11.6 Å².